The Hall–Kier alpha value is -2.79. The van der Waals surface area contributed by atoms with Gasteiger partial charge in [-0.3, -0.25) is 4.79 Å². The summed E-state index contributed by atoms with van der Waals surface area (Å²) in [5, 5.41) is 16.4. The van der Waals surface area contributed by atoms with Crippen molar-refractivity contribution < 1.29 is 14.4 Å². The van der Waals surface area contributed by atoms with Gasteiger partial charge < -0.3 is 14.9 Å². The smallest absolute Gasteiger partial charge is 0.277 e. The van der Waals surface area contributed by atoms with Crippen molar-refractivity contribution in [3.8, 4) is 17.1 Å². The second-order valence-corrected chi connectivity index (χ2v) is 5.47. The normalized spacial score (nSPS) is 10.5. The molecule has 0 atom stereocenters. The molecule has 0 spiro atoms. The molecule has 23 heavy (non-hydrogen) atoms. The quantitative estimate of drug-likeness (QED) is 0.753. The van der Waals surface area contributed by atoms with Gasteiger partial charge in [0.1, 0.15) is 5.75 Å². The minimum Gasteiger partial charge on any atom is -0.508 e. The predicted molar refractivity (Wildman–Crippen MR) is 87.7 cm³/mol. The number of carbonyl (C=O) groups is 1. The van der Waals surface area contributed by atoms with Gasteiger partial charge in [0.15, 0.2) is 11.5 Å². The van der Waals surface area contributed by atoms with E-state index < -0.39 is 0 Å². The van der Waals surface area contributed by atoms with Gasteiger partial charge in [-0.1, -0.05) is 22.8 Å². The number of aromatic hydroxyl groups is 1. The molecule has 1 amide bonds. The van der Waals surface area contributed by atoms with E-state index in [0.717, 1.165) is 5.56 Å². The van der Waals surface area contributed by atoms with E-state index >= 15 is 0 Å². The van der Waals surface area contributed by atoms with Crippen molar-refractivity contribution in [2.75, 3.05) is 5.32 Å². The fourth-order valence-corrected chi connectivity index (χ4v) is 2.23. The SMILES string of the molecule is Cc1ccc(Cl)cc1NC(=O)c1cc(-c2ccc(O)cc2)on1. The summed E-state index contributed by atoms with van der Waals surface area (Å²) in [4.78, 5) is 12.3. The van der Waals surface area contributed by atoms with Crippen LogP contribution in [-0.4, -0.2) is 16.2 Å². The van der Waals surface area contributed by atoms with Gasteiger partial charge in [-0.2, -0.15) is 0 Å². The highest BCUT2D eigenvalue weighted by molar-refractivity contribution is 6.31. The molecular weight excluding hydrogens is 316 g/mol. The van der Waals surface area contributed by atoms with Crippen LogP contribution >= 0.6 is 11.6 Å². The third kappa shape index (κ3) is 3.35. The Morgan fingerprint density at radius 1 is 1.17 bits per heavy atom. The Balaban J connectivity index is 1.81. The molecular formula is C17H13ClN2O3. The van der Waals surface area contributed by atoms with Crippen molar-refractivity contribution >= 4 is 23.2 Å². The average Bonchev–Trinajstić information content (AvgIpc) is 3.02. The highest BCUT2D eigenvalue weighted by Gasteiger charge is 2.15. The summed E-state index contributed by atoms with van der Waals surface area (Å²) in [5.74, 6) is 0.213. The van der Waals surface area contributed by atoms with Gasteiger partial charge in [0.05, 0.1) is 0 Å². The maximum atomic E-state index is 12.3. The highest BCUT2D eigenvalue weighted by atomic mass is 35.5. The molecule has 1 aromatic heterocycles. The number of rotatable bonds is 3. The van der Waals surface area contributed by atoms with Gasteiger partial charge in [-0.15, -0.1) is 0 Å². The first kappa shape index (κ1) is 15.1. The number of aryl methyl sites for hydroxylation is 1. The van der Waals surface area contributed by atoms with Crippen molar-refractivity contribution in [1.82, 2.24) is 5.16 Å². The van der Waals surface area contributed by atoms with Gasteiger partial charge in [0.25, 0.3) is 5.91 Å². The molecule has 0 aliphatic carbocycles. The summed E-state index contributed by atoms with van der Waals surface area (Å²) in [7, 11) is 0. The molecule has 0 aliphatic heterocycles. The standard InChI is InChI=1S/C17H13ClN2O3/c1-10-2-5-12(18)8-14(10)19-17(22)15-9-16(23-20-15)11-3-6-13(21)7-4-11/h2-9,21H,1H3,(H,19,22). The molecule has 6 heteroatoms. The molecule has 116 valence electrons. The molecule has 5 nitrogen and oxygen atoms in total. The number of anilines is 1. The number of hydrogen-bond acceptors (Lipinski definition) is 4. The van der Waals surface area contributed by atoms with Crippen molar-refractivity contribution in [2.45, 2.75) is 6.92 Å². The number of aromatic nitrogens is 1. The monoisotopic (exact) mass is 328 g/mol. The second kappa shape index (κ2) is 6.14. The van der Waals surface area contributed by atoms with Crippen molar-refractivity contribution in [1.29, 1.82) is 0 Å². The van der Waals surface area contributed by atoms with Crippen LogP contribution in [0.3, 0.4) is 0 Å². The third-order valence-corrected chi connectivity index (χ3v) is 3.58. The minimum atomic E-state index is -0.385. The van der Waals surface area contributed by atoms with Crippen molar-refractivity contribution in [2.24, 2.45) is 0 Å². The van der Waals surface area contributed by atoms with Gasteiger partial charge in [-0.25, -0.2) is 0 Å². The summed E-state index contributed by atoms with van der Waals surface area (Å²) in [5.41, 5.74) is 2.39. The lowest BCUT2D eigenvalue weighted by Gasteiger charge is -2.06. The predicted octanol–water partition coefficient (Wildman–Crippen LogP) is 4.26. The van der Waals surface area contributed by atoms with Crippen LogP contribution in [0.15, 0.2) is 53.1 Å². The number of benzene rings is 2. The number of phenolic OH excluding ortho intramolecular Hbond substituents is 1. The summed E-state index contributed by atoms with van der Waals surface area (Å²) in [6.45, 7) is 1.87. The zero-order valence-corrected chi connectivity index (χ0v) is 13.0. The number of carbonyl (C=O) groups excluding carboxylic acids is 1. The van der Waals surface area contributed by atoms with Crippen LogP contribution < -0.4 is 5.32 Å². The Morgan fingerprint density at radius 3 is 2.65 bits per heavy atom. The van der Waals surface area contributed by atoms with E-state index in [1.54, 1.807) is 30.3 Å². The van der Waals surface area contributed by atoms with E-state index in [0.29, 0.717) is 22.0 Å². The number of nitrogens with zero attached hydrogens (tertiary/aromatic N) is 1. The topological polar surface area (TPSA) is 75.4 Å². The van der Waals surface area contributed by atoms with Crippen LogP contribution in [-0.2, 0) is 0 Å². The molecule has 0 radical (unpaired) electrons. The van der Waals surface area contributed by atoms with E-state index in [9.17, 15) is 9.90 Å². The summed E-state index contributed by atoms with van der Waals surface area (Å²) in [6.07, 6.45) is 0. The van der Waals surface area contributed by atoms with Gasteiger partial charge >= 0.3 is 0 Å². The summed E-state index contributed by atoms with van der Waals surface area (Å²) >= 11 is 5.94. The molecule has 1 heterocycles. The highest BCUT2D eigenvalue weighted by Crippen LogP contribution is 2.24. The van der Waals surface area contributed by atoms with Crippen LogP contribution in [0.1, 0.15) is 16.1 Å². The van der Waals surface area contributed by atoms with E-state index in [1.807, 2.05) is 13.0 Å². The lowest BCUT2D eigenvalue weighted by atomic mass is 10.1. The zero-order valence-electron chi connectivity index (χ0n) is 12.2. The van der Waals surface area contributed by atoms with Crippen molar-refractivity contribution in [3.63, 3.8) is 0 Å². The van der Waals surface area contributed by atoms with Crippen molar-refractivity contribution in [3.05, 3.63) is 64.8 Å². The van der Waals surface area contributed by atoms with Crippen LogP contribution in [0.25, 0.3) is 11.3 Å². The average molecular weight is 329 g/mol. The molecule has 0 fully saturated rings. The minimum absolute atomic E-state index is 0.155. The van der Waals surface area contributed by atoms with E-state index in [1.165, 1.54) is 12.1 Å². The molecule has 3 rings (SSSR count). The largest absolute Gasteiger partial charge is 0.508 e. The Bertz CT molecular complexity index is 857. The zero-order chi connectivity index (χ0) is 16.4. The first-order valence-electron chi connectivity index (χ1n) is 6.86. The Morgan fingerprint density at radius 2 is 1.91 bits per heavy atom. The fourth-order valence-electron chi connectivity index (χ4n) is 2.06. The molecule has 0 bridgehead atoms. The summed E-state index contributed by atoms with van der Waals surface area (Å²) < 4.78 is 5.18. The second-order valence-electron chi connectivity index (χ2n) is 5.04. The van der Waals surface area contributed by atoms with Gasteiger partial charge in [0.2, 0.25) is 0 Å². The van der Waals surface area contributed by atoms with Crippen LogP contribution in [0, 0.1) is 6.92 Å². The van der Waals surface area contributed by atoms with Crippen LogP contribution in [0.5, 0.6) is 5.75 Å². The van der Waals surface area contributed by atoms with E-state index in [2.05, 4.69) is 10.5 Å². The maximum Gasteiger partial charge on any atom is 0.277 e. The fraction of sp³-hybridized carbons (Fsp3) is 0.0588. The molecule has 2 N–H and O–H groups in total. The number of phenols is 1. The molecule has 0 saturated carbocycles. The first-order chi connectivity index (χ1) is 11.0. The molecule has 0 saturated heterocycles. The lowest BCUT2D eigenvalue weighted by molar-refractivity contribution is 0.101. The van der Waals surface area contributed by atoms with Gasteiger partial charge in [-0.05, 0) is 48.9 Å². The Kier molecular flexibility index (Phi) is 4.04. The molecule has 0 aliphatic rings. The molecule has 2 aromatic carbocycles. The van der Waals surface area contributed by atoms with Crippen LogP contribution in [0.2, 0.25) is 5.02 Å². The molecule has 3 aromatic rings. The lowest BCUT2D eigenvalue weighted by Crippen LogP contribution is -2.13. The number of hydrogen-bond donors (Lipinski definition) is 2. The maximum absolute atomic E-state index is 12.3. The Labute approximate surface area is 137 Å². The molecule has 0 unspecified atom stereocenters. The third-order valence-electron chi connectivity index (χ3n) is 3.34. The summed E-state index contributed by atoms with van der Waals surface area (Å²) in [6, 6.07) is 13.2. The van der Waals surface area contributed by atoms with Gasteiger partial charge in [0, 0.05) is 22.3 Å². The number of halogens is 1. The number of amides is 1. The van der Waals surface area contributed by atoms with E-state index in [4.69, 9.17) is 16.1 Å². The number of nitrogens with one attached hydrogen (secondary N) is 1. The first-order valence-corrected chi connectivity index (χ1v) is 7.24. The van der Waals surface area contributed by atoms with E-state index in [-0.39, 0.29) is 17.4 Å². The van der Waals surface area contributed by atoms with Crippen LogP contribution in [0.4, 0.5) is 5.69 Å².